The van der Waals surface area contributed by atoms with Crippen LogP contribution in [0.3, 0.4) is 0 Å². The summed E-state index contributed by atoms with van der Waals surface area (Å²) in [5, 5.41) is 6.79. The van der Waals surface area contributed by atoms with Gasteiger partial charge in [0.1, 0.15) is 0 Å². The van der Waals surface area contributed by atoms with E-state index in [4.69, 9.17) is 0 Å². The molecule has 0 saturated carbocycles. The molecule has 0 fully saturated rings. The van der Waals surface area contributed by atoms with Crippen LogP contribution in [0, 0.1) is 0 Å². The molecule has 1 aromatic heterocycles. The molecule has 0 aliphatic carbocycles. The highest BCUT2D eigenvalue weighted by molar-refractivity contribution is 6.03. The predicted octanol–water partition coefficient (Wildman–Crippen LogP) is 1.74. The molecular weight excluding hydrogens is 228 g/mol. The Labute approximate surface area is 106 Å². The Morgan fingerprint density at radius 2 is 1.94 bits per heavy atom. The number of carbonyl (C=O) groups excluding carboxylic acids is 1. The average Bonchev–Trinajstić information content (AvgIpc) is 2.76. The van der Waals surface area contributed by atoms with Crippen LogP contribution in [0.5, 0.6) is 0 Å². The number of amides is 1. The van der Waals surface area contributed by atoms with E-state index in [1.54, 1.807) is 24.1 Å². The minimum atomic E-state index is -0.152. The van der Waals surface area contributed by atoms with Crippen LogP contribution in [-0.4, -0.2) is 29.8 Å². The van der Waals surface area contributed by atoms with Crippen molar-refractivity contribution in [2.24, 2.45) is 7.05 Å². The molecule has 0 bridgehead atoms. The highest BCUT2D eigenvalue weighted by Gasteiger charge is 2.07. The molecular formula is C13H16N4O. The zero-order chi connectivity index (χ0) is 13.1. The third-order valence-corrected chi connectivity index (χ3v) is 2.61. The molecule has 0 spiro atoms. The third kappa shape index (κ3) is 2.68. The summed E-state index contributed by atoms with van der Waals surface area (Å²) in [5.41, 5.74) is 2.41. The number of carbonyl (C=O) groups is 1. The number of anilines is 2. The average molecular weight is 244 g/mol. The molecule has 1 amide bonds. The maximum Gasteiger partial charge on any atom is 0.258 e. The van der Waals surface area contributed by atoms with Crippen molar-refractivity contribution in [3.05, 3.63) is 42.2 Å². The van der Waals surface area contributed by atoms with Gasteiger partial charge in [-0.3, -0.25) is 9.48 Å². The van der Waals surface area contributed by atoms with Gasteiger partial charge in [0.25, 0.3) is 5.91 Å². The molecule has 0 unspecified atom stereocenters. The SMILES string of the molecule is CN(C)c1ccc(NC(=O)c2cnn(C)c2)cc1. The van der Waals surface area contributed by atoms with E-state index < -0.39 is 0 Å². The van der Waals surface area contributed by atoms with Gasteiger partial charge in [-0.25, -0.2) is 0 Å². The minimum absolute atomic E-state index is 0.152. The summed E-state index contributed by atoms with van der Waals surface area (Å²) in [6.45, 7) is 0. The largest absolute Gasteiger partial charge is 0.378 e. The van der Waals surface area contributed by atoms with Crippen molar-refractivity contribution in [2.75, 3.05) is 24.3 Å². The van der Waals surface area contributed by atoms with Crippen molar-refractivity contribution >= 4 is 17.3 Å². The maximum absolute atomic E-state index is 11.9. The first-order chi connectivity index (χ1) is 8.56. The molecule has 0 aliphatic heterocycles. The Bertz CT molecular complexity index is 542. The van der Waals surface area contributed by atoms with Gasteiger partial charge in [0.05, 0.1) is 11.8 Å². The van der Waals surface area contributed by atoms with Crippen molar-refractivity contribution in [1.82, 2.24) is 9.78 Å². The third-order valence-electron chi connectivity index (χ3n) is 2.61. The summed E-state index contributed by atoms with van der Waals surface area (Å²) in [6, 6.07) is 7.67. The summed E-state index contributed by atoms with van der Waals surface area (Å²) in [7, 11) is 5.73. The van der Waals surface area contributed by atoms with Gasteiger partial charge >= 0.3 is 0 Å². The standard InChI is InChI=1S/C13H16N4O/c1-16(2)12-6-4-11(5-7-12)15-13(18)10-8-14-17(3)9-10/h4-9H,1-3H3,(H,15,18). The molecule has 94 valence electrons. The van der Waals surface area contributed by atoms with Crippen molar-refractivity contribution in [3.8, 4) is 0 Å². The molecule has 0 atom stereocenters. The second-order valence-corrected chi connectivity index (χ2v) is 4.30. The van der Waals surface area contributed by atoms with E-state index in [0.717, 1.165) is 11.4 Å². The number of nitrogens with zero attached hydrogens (tertiary/aromatic N) is 3. The zero-order valence-corrected chi connectivity index (χ0v) is 10.7. The zero-order valence-electron chi connectivity index (χ0n) is 10.7. The van der Waals surface area contributed by atoms with Crippen LogP contribution in [0.25, 0.3) is 0 Å². The molecule has 0 aliphatic rings. The smallest absolute Gasteiger partial charge is 0.258 e. The summed E-state index contributed by atoms with van der Waals surface area (Å²) in [6.07, 6.45) is 3.23. The first kappa shape index (κ1) is 12.2. The van der Waals surface area contributed by atoms with Crippen LogP contribution in [0.15, 0.2) is 36.7 Å². The quantitative estimate of drug-likeness (QED) is 0.894. The van der Waals surface area contributed by atoms with E-state index in [0.29, 0.717) is 5.56 Å². The fraction of sp³-hybridized carbons (Fsp3) is 0.231. The Balaban J connectivity index is 2.07. The highest BCUT2D eigenvalue weighted by atomic mass is 16.1. The first-order valence-electron chi connectivity index (χ1n) is 5.63. The second-order valence-electron chi connectivity index (χ2n) is 4.30. The van der Waals surface area contributed by atoms with Crippen LogP contribution in [0.4, 0.5) is 11.4 Å². The summed E-state index contributed by atoms with van der Waals surface area (Å²) in [5.74, 6) is -0.152. The number of aromatic nitrogens is 2. The molecule has 0 saturated heterocycles. The predicted molar refractivity (Wildman–Crippen MR) is 71.9 cm³/mol. The highest BCUT2D eigenvalue weighted by Crippen LogP contribution is 2.16. The maximum atomic E-state index is 11.9. The lowest BCUT2D eigenvalue weighted by molar-refractivity contribution is 0.102. The lowest BCUT2D eigenvalue weighted by Gasteiger charge is -2.12. The van der Waals surface area contributed by atoms with E-state index in [2.05, 4.69) is 10.4 Å². The molecule has 5 heteroatoms. The molecule has 2 rings (SSSR count). The van der Waals surface area contributed by atoms with Crippen molar-refractivity contribution in [3.63, 3.8) is 0 Å². The molecule has 2 aromatic rings. The summed E-state index contributed by atoms with van der Waals surface area (Å²) in [4.78, 5) is 13.9. The number of aryl methyl sites for hydroxylation is 1. The second kappa shape index (κ2) is 4.91. The number of nitrogens with one attached hydrogen (secondary N) is 1. The van der Waals surface area contributed by atoms with Gasteiger partial charge < -0.3 is 10.2 Å². The summed E-state index contributed by atoms with van der Waals surface area (Å²) >= 11 is 0. The topological polar surface area (TPSA) is 50.2 Å². The molecule has 1 N–H and O–H groups in total. The van der Waals surface area contributed by atoms with Gasteiger partial charge in [0.2, 0.25) is 0 Å². The molecule has 1 aromatic carbocycles. The van der Waals surface area contributed by atoms with Crippen LogP contribution in [-0.2, 0) is 7.05 Å². The monoisotopic (exact) mass is 244 g/mol. The Morgan fingerprint density at radius 1 is 1.28 bits per heavy atom. The van der Waals surface area contributed by atoms with Crippen molar-refractivity contribution < 1.29 is 4.79 Å². The van der Waals surface area contributed by atoms with E-state index in [1.807, 2.05) is 43.3 Å². The van der Waals surface area contributed by atoms with Crippen LogP contribution in [0.1, 0.15) is 10.4 Å². The van der Waals surface area contributed by atoms with Crippen LogP contribution >= 0.6 is 0 Å². The Hall–Kier alpha value is -2.30. The van der Waals surface area contributed by atoms with Crippen molar-refractivity contribution in [2.45, 2.75) is 0 Å². The molecule has 0 radical (unpaired) electrons. The number of benzene rings is 1. The van der Waals surface area contributed by atoms with E-state index in [9.17, 15) is 4.79 Å². The first-order valence-corrected chi connectivity index (χ1v) is 5.63. The van der Waals surface area contributed by atoms with Gasteiger partial charge in [0, 0.05) is 38.7 Å². The molecule has 1 heterocycles. The van der Waals surface area contributed by atoms with Crippen LogP contribution < -0.4 is 10.2 Å². The fourth-order valence-electron chi connectivity index (χ4n) is 1.58. The lowest BCUT2D eigenvalue weighted by Crippen LogP contribution is -2.12. The number of hydrogen-bond donors (Lipinski definition) is 1. The normalized spacial score (nSPS) is 10.2. The van der Waals surface area contributed by atoms with E-state index in [1.165, 1.54) is 0 Å². The van der Waals surface area contributed by atoms with Gasteiger partial charge in [0.15, 0.2) is 0 Å². The summed E-state index contributed by atoms with van der Waals surface area (Å²) < 4.78 is 1.60. The Morgan fingerprint density at radius 3 is 2.44 bits per heavy atom. The van der Waals surface area contributed by atoms with E-state index in [-0.39, 0.29) is 5.91 Å². The van der Waals surface area contributed by atoms with Crippen molar-refractivity contribution in [1.29, 1.82) is 0 Å². The number of rotatable bonds is 3. The Kier molecular flexibility index (Phi) is 3.32. The van der Waals surface area contributed by atoms with Gasteiger partial charge in [-0.1, -0.05) is 0 Å². The van der Waals surface area contributed by atoms with E-state index >= 15 is 0 Å². The van der Waals surface area contributed by atoms with Crippen LogP contribution in [0.2, 0.25) is 0 Å². The lowest BCUT2D eigenvalue weighted by atomic mass is 10.2. The minimum Gasteiger partial charge on any atom is -0.378 e. The molecule has 5 nitrogen and oxygen atoms in total. The van der Waals surface area contributed by atoms with Gasteiger partial charge in [-0.15, -0.1) is 0 Å². The molecule has 18 heavy (non-hydrogen) atoms. The number of hydrogen-bond acceptors (Lipinski definition) is 3. The fourth-order valence-corrected chi connectivity index (χ4v) is 1.58. The van der Waals surface area contributed by atoms with Gasteiger partial charge in [-0.05, 0) is 24.3 Å². The van der Waals surface area contributed by atoms with Gasteiger partial charge in [-0.2, -0.15) is 5.10 Å².